The van der Waals surface area contributed by atoms with Gasteiger partial charge in [0.15, 0.2) is 0 Å². The van der Waals surface area contributed by atoms with Gasteiger partial charge in [0.2, 0.25) is 0 Å². The quantitative estimate of drug-likeness (QED) is 0.547. The number of aliphatic hydroxyl groups excluding tert-OH is 1. The lowest BCUT2D eigenvalue weighted by atomic mass is 9.96. The van der Waals surface area contributed by atoms with Crippen molar-refractivity contribution in [2.45, 2.75) is 13.3 Å². The fraction of sp³-hybridized carbons (Fsp3) is 1.00. The van der Waals surface area contributed by atoms with E-state index < -0.39 is 0 Å². The topological polar surface area (TPSA) is 32.3 Å². The Balaban J connectivity index is 2.09. The third-order valence-electron chi connectivity index (χ3n) is 3.57. The van der Waals surface area contributed by atoms with Gasteiger partial charge in [-0.05, 0) is 31.3 Å². The Bertz CT molecular complexity index is 148. The molecule has 2 aliphatic rings. The SMILES string of the molecule is CC1[C@H]2CNCC[C@@]12CO. The van der Waals surface area contributed by atoms with Gasteiger partial charge in [0.05, 0.1) is 0 Å². The van der Waals surface area contributed by atoms with Crippen LogP contribution in [0.5, 0.6) is 0 Å². The van der Waals surface area contributed by atoms with Crippen molar-refractivity contribution in [3.05, 3.63) is 0 Å². The number of piperidine rings is 1. The maximum Gasteiger partial charge on any atom is 0.0493 e. The van der Waals surface area contributed by atoms with Crippen molar-refractivity contribution >= 4 is 0 Å². The maximum atomic E-state index is 9.13. The number of nitrogens with one attached hydrogen (secondary N) is 1. The first kappa shape index (κ1) is 6.62. The molecule has 2 fully saturated rings. The average molecular weight is 141 g/mol. The molecule has 0 aromatic heterocycles. The Morgan fingerprint density at radius 2 is 2.50 bits per heavy atom. The van der Waals surface area contributed by atoms with Crippen LogP contribution in [0.15, 0.2) is 0 Å². The Morgan fingerprint density at radius 3 is 3.00 bits per heavy atom. The van der Waals surface area contributed by atoms with Crippen molar-refractivity contribution in [1.29, 1.82) is 0 Å². The molecule has 0 bridgehead atoms. The third kappa shape index (κ3) is 0.611. The molecule has 2 heteroatoms. The summed E-state index contributed by atoms with van der Waals surface area (Å²) in [5.41, 5.74) is 0.339. The molecule has 1 unspecified atom stereocenters. The van der Waals surface area contributed by atoms with Gasteiger partial charge in [0, 0.05) is 12.0 Å². The molecule has 1 aliphatic heterocycles. The summed E-state index contributed by atoms with van der Waals surface area (Å²) >= 11 is 0. The predicted molar refractivity (Wildman–Crippen MR) is 39.7 cm³/mol. The monoisotopic (exact) mass is 141 g/mol. The van der Waals surface area contributed by atoms with Gasteiger partial charge in [-0.2, -0.15) is 0 Å². The summed E-state index contributed by atoms with van der Waals surface area (Å²) in [6, 6.07) is 0. The minimum atomic E-state index is 0.339. The Morgan fingerprint density at radius 1 is 1.70 bits per heavy atom. The van der Waals surface area contributed by atoms with E-state index in [1.807, 2.05) is 0 Å². The summed E-state index contributed by atoms with van der Waals surface area (Å²) in [5.74, 6) is 1.53. The Hall–Kier alpha value is -0.0800. The molecule has 2 rings (SSSR count). The zero-order chi connectivity index (χ0) is 7.19. The van der Waals surface area contributed by atoms with E-state index in [1.54, 1.807) is 0 Å². The molecule has 58 valence electrons. The van der Waals surface area contributed by atoms with E-state index >= 15 is 0 Å². The summed E-state index contributed by atoms with van der Waals surface area (Å²) in [6.07, 6.45) is 1.18. The van der Waals surface area contributed by atoms with Crippen molar-refractivity contribution in [3.8, 4) is 0 Å². The van der Waals surface area contributed by atoms with Crippen molar-refractivity contribution in [2.75, 3.05) is 19.7 Å². The van der Waals surface area contributed by atoms with E-state index in [-0.39, 0.29) is 0 Å². The second-order valence-corrected chi connectivity index (χ2v) is 3.74. The second-order valence-electron chi connectivity index (χ2n) is 3.74. The zero-order valence-corrected chi connectivity index (χ0v) is 6.43. The number of aliphatic hydroxyl groups is 1. The predicted octanol–water partition coefficient (Wildman–Crippen LogP) is 0.224. The lowest BCUT2D eigenvalue weighted by Gasteiger charge is -2.19. The lowest BCUT2D eigenvalue weighted by Crippen LogP contribution is -2.30. The second kappa shape index (κ2) is 1.95. The van der Waals surface area contributed by atoms with E-state index in [9.17, 15) is 0 Å². The number of fused-ring (bicyclic) bond motifs is 1. The molecule has 1 aliphatic carbocycles. The van der Waals surface area contributed by atoms with Crippen LogP contribution in [-0.2, 0) is 0 Å². The van der Waals surface area contributed by atoms with E-state index in [1.165, 1.54) is 6.42 Å². The van der Waals surface area contributed by atoms with Crippen molar-refractivity contribution in [1.82, 2.24) is 5.32 Å². The molecule has 0 amide bonds. The zero-order valence-electron chi connectivity index (χ0n) is 6.43. The summed E-state index contributed by atoms with van der Waals surface area (Å²) in [4.78, 5) is 0. The molecule has 1 saturated carbocycles. The summed E-state index contributed by atoms with van der Waals surface area (Å²) in [5, 5.41) is 12.5. The number of hydrogen-bond acceptors (Lipinski definition) is 2. The van der Waals surface area contributed by atoms with Crippen LogP contribution in [-0.4, -0.2) is 24.8 Å². The van der Waals surface area contributed by atoms with Gasteiger partial charge in [0.25, 0.3) is 0 Å². The molecule has 10 heavy (non-hydrogen) atoms. The smallest absolute Gasteiger partial charge is 0.0493 e. The Kier molecular flexibility index (Phi) is 1.29. The van der Waals surface area contributed by atoms with Crippen molar-refractivity contribution < 1.29 is 5.11 Å². The summed E-state index contributed by atoms with van der Waals surface area (Å²) in [7, 11) is 0. The van der Waals surface area contributed by atoms with Crippen LogP contribution in [0, 0.1) is 17.3 Å². The molecule has 0 spiro atoms. The normalized spacial score (nSPS) is 52.2. The highest BCUT2D eigenvalue weighted by Crippen LogP contribution is 2.61. The summed E-state index contributed by atoms with van der Waals surface area (Å²) < 4.78 is 0. The van der Waals surface area contributed by atoms with Gasteiger partial charge in [-0.15, -0.1) is 0 Å². The van der Waals surface area contributed by atoms with Gasteiger partial charge in [-0.1, -0.05) is 6.92 Å². The largest absolute Gasteiger partial charge is 0.396 e. The fourth-order valence-corrected chi connectivity index (χ4v) is 2.51. The van der Waals surface area contributed by atoms with Gasteiger partial charge < -0.3 is 10.4 Å². The standard InChI is InChI=1S/C8H15NO/c1-6-7-4-9-3-2-8(6,7)5-10/h6-7,9-10H,2-5H2,1H3/t6?,7-,8-/m1/s1. The first-order valence-corrected chi connectivity index (χ1v) is 4.13. The van der Waals surface area contributed by atoms with Crippen LogP contribution in [0.1, 0.15) is 13.3 Å². The molecule has 1 heterocycles. The first-order chi connectivity index (χ1) is 4.81. The van der Waals surface area contributed by atoms with Crippen LogP contribution in [0.25, 0.3) is 0 Å². The van der Waals surface area contributed by atoms with Gasteiger partial charge in [0.1, 0.15) is 0 Å². The average Bonchev–Trinajstić information content (AvgIpc) is 2.60. The minimum absolute atomic E-state index is 0.339. The highest BCUT2D eigenvalue weighted by atomic mass is 16.3. The molecule has 1 saturated heterocycles. The number of hydrogen-bond donors (Lipinski definition) is 2. The molecule has 2 nitrogen and oxygen atoms in total. The van der Waals surface area contributed by atoms with Crippen LogP contribution < -0.4 is 5.32 Å². The highest BCUT2D eigenvalue weighted by molar-refractivity contribution is 5.11. The molecule has 0 aromatic carbocycles. The minimum Gasteiger partial charge on any atom is -0.396 e. The van der Waals surface area contributed by atoms with E-state index in [0.29, 0.717) is 12.0 Å². The summed E-state index contributed by atoms with van der Waals surface area (Å²) in [6.45, 7) is 4.89. The van der Waals surface area contributed by atoms with Crippen molar-refractivity contribution in [3.63, 3.8) is 0 Å². The van der Waals surface area contributed by atoms with Crippen LogP contribution in [0.3, 0.4) is 0 Å². The van der Waals surface area contributed by atoms with Gasteiger partial charge >= 0.3 is 0 Å². The highest BCUT2D eigenvalue weighted by Gasteiger charge is 2.61. The molecule has 0 radical (unpaired) electrons. The molecule has 2 N–H and O–H groups in total. The number of rotatable bonds is 1. The van der Waals surface area contributed by atoms with E-state index in [0.717, 1.165) is 24.9 Å². The Labute approximate surface area is 61.6 Å². The fourth-order valence-electron chi connectivity index (χ4n) is 2.51. The van der Waals surface area contributed by atoms with Gasteiger partial charge in [-0.25, -0.2) is 0 Å². The maximum absolute atomic E-state index is 9.13. The molecular formula is C8H15NO. The van der Waals surface area contributed by atoms with Crippen molar-refractivity contribution in [2.24, 2.45) is 17.3 Å². The molecule has 0 aromatic rings. The van der Waals surface area contributed by atoms with Crippen LogP contribution in [0.2, 0.25) is 0 Å². The van der Waals surface area contributed by atoms with Crippen LogP contribution >= 0.6 is 0 Å². The third-order valence-corrected chi connectivity index (χ3v) is 3.57. The van der Waals surface area contributed by atoms with Gasteiger partial charge in [-0.3, -0.25) is 0 Å². The molecular weight excluding hydrogens is 126 g/mol. The first-order valence-electron chi connectivity index (χ1n) is 4.13. The van der Waals surface area contributed by atoms with E-state index in [4.69, 9.17) is 5.11 Å². The lowest BCUT2D eigenvalue weighted by molar-refractivity contribution is 0.169. The molecule has 3 atom stereocenters. The van der Waals surface area contributed by atoms with E-state index in [2.05, 4.69) is 12.2 Å². The van der Waals surface area contributed by atoms with Crippen LogP contribution in [0.4, 0.5) is 0 Å².